The number of aliphatic hydroxyl groups is 1. The summed E-state index contributed by atoms with van der Waals surface area (Å²) in [7, 11) is 3.88. The summed E-state index contributed by atoms with van der Waals surface area (Å²) >= 11 is 0. The molecule has 0 aliphatic carbocycles. The summed E-state index contributed by atoms with van der Waals surface area (Å²) in [4.78, 5) is 2.00. The molecule has 0 saturated heterocycles. The first kappa shape index (κ1) is 14.1. The van der Waals surface area contributed by atoms with Crippen molar-refractivity contribution in [3.63, 3.8) is 0 Å². The summed E-state index contributed by atoms with van der Waals surface area (Å²) in [5.41, 5.74) is 0.240. The van der Waals surface area contributed by atoms with E-state index in [4.69, 9.17) is 0 Å². The maximum absolute atomic E-state index is 13.5. The van der Waals surface area contributed by atoms with Crippen LogP contribution in [0.2, 0.25) is 0 Å². The quantitative estimate of drug-likeness (QED) is 0.853. The van der Waals surface area contributed by atoms with Gasteiger partial charge in [-0.15, -0.1) is 0 Å². The minimum absolute atomic E-state index is 0.247. The van der Waals surface area contributed by atoms with Crippen LogP contribution >= 0.6 is 0 Å². The Balaban J connectivity index is 2.85. The van der Waals surface area contributed by atoms with Crippen molar-refractivity contribution in [2.45, 2.75) is 38.3 Å². The molecule has 0 amide bonds. The van der Waals surface area contributed by atoms with Gasteiger partial charge < -0.3 is 10.0 Å². The number of rotatable bonds is 5. The van der Waals surface area contributed by atoms with E-state index in [2.05, 4.69) is 0 Å². The second-order valence-electron chi connectivity index (χ2n) is 4.92. The number of nitrogens with zero attached hydrogens (tertiary/aromatic N) is 1. The number of halogens is 1. The first-order valence-electron chi connectivity index (χ1n) is 6.00. The van der Waals surface area contributed by atoms with Gasteiger partial charge in [-0.05, 0) is 39.1 Å². The third-order valence-electron chi connectivity index (χ3n) is 3.83. The van der Waals surface area contributed by atoms with E-state index >= 15 is 0 Å². The van der Waals surface area contributed by atoms with Gasteiger partial charge in [0.05, 0.1) is 6.10 Å². The summed E-state index contributed by atoms with van der Waals surface area (Å²) in [6.45, 7) is 4.03. The summed E-state index contributed by atoms with van der Waals surface area (Å²) in [6.07, 6.45) is 0.574. The van der Waals surface area contributed by atoms with Crippen LogP contribution in [0.15, 0.2) is 24.3 Å². The fourth-order valence-corrected chi connectivity index (χ4v) is 1.94. The number of hydrogen-bond donors (Lipinski definition) is 1. The molecular weight excluding hydrogens is 217 g/mol. The zero-order chi connectivity index (χ0) is 13.1. The minimum atomic E-state index is -0.584. The van der Waals surface area contributed by atoms with Crippen LogP contribution < -0.4 is 0 Å². The minimum Gasteiger partial charge on any atom is -0.391 e. The molecule has 0 aliphatic rings. The molecule has 0 bridgehead atoms. The second kappa shape index (κ2) is 5.61. The molecule has 1 aromatic rings. The number of aliphatic hydroxyl groups excluding tert-OH is 1. The predicted molar refractivity (Wildman–Crippen MR) is 68.5 cm³/mol. The lowest BCUT2D eigenvalue weighted by atomic mass is 9.86. The van der Waals surface area contributed by atoms with Crippen LogP contribution in [0.1, 0.15) is 25.8 Å². The largest absolute Gasteiger partial charge is 0.391 e. The van der Waals surface area contributed by atoms with Gasteiger partial charge in [-0.25, -0.2) is 4.39 Å². The van der Waals surface area contributed by atoms with Crippen molar-refractivity contribution >= 4 is 0 Å². The van der Waals surface area contributed by atoms with Gasteiger partial charge in [0.1, 0.15) is 5.82 Å². The van der Waals surface area contributed by atoms with Gasteiger partial charge in [0.15, 0.2) is 0 Å². The molecule has 0 spiro atoms. The smallest absolute Gasteiger partial charge is 0.126 e. The van der Waals surface area contributed by atoms with Crippen LogP contribution in [0.4, 0.5) is 4.39 Å². The Morgan fingerprint density at radius 1 is 1.35 bits per heavy atom. The molecule has 3 heteroatoms. The van der Waals surface area contributed by atoms with Gasteiger partial charge in [-0.3, -0.25) is 0 Å². The molecule has 0 radical (unpaired) electrons. The van der Waals surface area contributed by atoms with Gasteiger partial charge in [0.25, 0.3) is 0 Å². The second-order valence-corrected chi connectivity index (χ2v) is 4.92. The monoisotopic (exact) mass is 239 g/mol. The molecule has 2 atom stereocenters. The average molecular weight is 239 g/mol. The Labute approximate surface area is 103 Å². The molecule has 2 nitrogen and oxygen atoms in total. The highest BCUT2D eigenvalue weighted by Crippen LogP contribution is 2.24. The number of likely N-dealkylation sites (N-methyl/N-ethyl adjacent to an activating group) is 1. The lowest BCUT2D eigenvalue weighted by Crippen LogP contribution is -2.51. The van der Waals surface area contributed by atoms with Crippen molar-refractivity contribution < 1.29 is 9.50 Å². The van der Waals surface area contributed by atoms with E-state index < -0.39 is 6.10 Å². The van der Waals surface area contributed by atoms with Crippen LogP contribution in [-0.2, 0) is 6.42 Å². The van der Waals surface area contributed by atoms with Crippen molar-refractivity contribution in [1.82, 2.24) is 4.90 Å². The lowest BCUT2D eigenvalue weighted by Gasteiger charge is -2.40. The zero-order valence-electron chi connectivity index (χ0n) is 11.1. The molecule has 2 unspecified atom stereocenters. The SMILES string of the molecule is CCC(C)(C(O)Cc1ccccc1F)N(C)C. The molecule has 0 fully saturated rings. The predicted octanol–water partition coefficient (Wildman–Crippen LogP) is 2.46. The highest BCUT2D eigenvalue weighted by molar-refractivity contribution is 5.19. The topological polar surface area (TPSA) is 23.5 Å². The van der Waals surface area contributed by atoms with E-state index in [0.29, 0.717) is 12.0 Å². The third-order valence-corrected chi connectivity index (χ3v) is 3.83. The Kier molecular flexibility index (Phi) is 4.66. The van der Waals surface area contributed by atoms with Crippen LogP contribution in [0.3, 0.4) is 0 Å². The number of hydrogen-bond acceptors (Lipinski definition) is 2. The fourth-order valence-electron chi connectivity index (χ4n) is 1.94. The lowest BCUT2D eigenvalue weighted by molar-refractivity contribution is 0.00257. The molecule has 17 heavy (non-hydrogen) atoms. The molecule has 0 aliphatic heterocycles. The van der Waals surface area contributed by atoms with E-state index in [0.717, 1.165) is 6.42 Å². The van der Waals surface area contributed by atoms with Crippen LogP contribution in [0.25, 0.3) is 0 Å². The molecule has 0 heterocycles. The Bertz CT molecular complexity index is 367. The first-order chi connectivity index (χ1) is 7.91. The standard InChI is InChI=1S/C14H22FNO/c1-5-14(2,16(3)4)13(17)10-11-8-6-7-9-12(11)15/h6-9,13,17H,5,10H2,1-4H3. The van der Waals surface area contributed by atoms with E-state index in [9.17, 15) is 9.50 Å². The highest BCUT2D eigenvalue weighted by atomic mass is 19.1. The van der Waals surface area contributed by atoms with Crippen LogP contribution in [0.5, 0.6) is 0 Å². The molecule has 1 N–H and O–H groups in total. The summed E-state index contributed by atoms with van der Waals surface area (Å²) in [6, 6.07) is 6.62. The maximum Gasteiger partial charge on any atom is 0.126 e. The Hall–Kier alpha value is -0.930. The highest BCUT2D eigenvalue weighted by Gasteiger charge is 2.33. The van der Waals surface area contributed by atoms with Crippen LogP contribution in [0, 0.1) is 5.82 Å². The van der Waals surface area contributed by atoms with Gasteiger partial charge in [0, 0.05) is 12.0 Å². The summed E-state index contributed by atoms with van der Waals surface area (Å²) in [5.74, 6) is -0.247. The van der Waals surface area contributed by atoms with Crippen molar-refractivity contribution in [3.05, 3.63) is 35.6 Å². The van der Waals surface area contributed by atoms with Crippen molar-refractivity contribution in [1.29, 1.82) is 0 Å². The van der Waals surface area contributed by atoms with Gasteiger partial charge in [-0.1, -0.05) is 25.1 Å². The van der Waals surface area contributed by atoms with Crippen molar-refractivity contribution in [2.24, 2.45) is 0 Å². The van der Waals surface area contributed by atoms with Gasteiger partial charge in [-0.2, -0.15) is 0 Å². The van der Waals surface area contributed by atoms with Crippen molar-refractivity contribution in [3.8, 4) is 0 Å². The molecular formula is C14H22FNO. The molecule has 1 rings (SSSR count). The third kappa shape index (κ3) is 3.05. The van der Waals surface area contributed by atoms with E-state index in [1.807, 2.05) is 32.8 Å². The first-order valence-corrected chi connectivity index (χ1v) is 6.00. The Morgan fingerprint density at radius 2 is 1.94 bits per heavy atom. The van der Waals surface area contributed by atoms with Gasteiger partial charge >= 0.3 is 0 Å². The average Bonchev–Trinajstić information content (AvgIpc) is 2.30. The molecule has 1 aromatic carbocycles. The summed E-state index contributed by atoms with van der Waals surface area (Å²) < 4.78 is 13.5. The van der Waals surface area contributed by atoms with Crippen LogP contribution in [-0.4, -0.2) is 35.7 Å². The molecule has 0 saturated carbocycles. The fraction of sp³-hybridized carbons (Fsp3) is 0.571. The van der Waals surface area contributed by atoms with E-state index in [-0.39, 0.29) is 11.4 Å². The van der Waals surface area contributed by atoms with E-state index in [1.165, 1.54) is 6.07 Å². The maximum atomic E-state index is 13.5. The van der Waals surface area contributed by atoms with Gasteiger partial charge in [0.2, 0.25) is 0 Å². The van der Waals surface area contributed by atoms with E-state index in [1.54, 1.807) is 18.2 Å². The molecule has 96 valence electrons. The molecule has 0 aromatic heterocycles. The zero-order valence-corrected chi connectivity index (χ0v) is 11.1. The summed E-state index contributed by atoms with van der Waals surface area (Å²) in [5, 5.41) is 10.3. The normalized spacial score (nSPS) is 16.9. The van der Waals surface area contributed by atoms with Crippen molar-refractivity contribution in [2.75, 3.05) is 14.1 Å². The Morgan fingerprint density at radius 3 is 2.41 bits per heavy atom. The number of benzene rings is 1.